The third-order valence-electron chi connectivity index (χ3n) is 2.87. The van der Waals surface area contributed by atoms with Crippen molar-refractivity contribution in [3.05, 3.63) is 12.3 Å². The molecule has 0 saturated heterocycles. The number of aliphatic hydroxyl groups excluding tert-OH is 1. The maximum atomic E-state index is 9.40. The van der Waals surface area contributed by atoms with Crippen molar-refractivity contribution in [1.82, 2.24) is 9.97 Å². The summed E-state index contributed by atoms with van der Waals surface area (Å²) in [4.78, 5) is 8.33. The second-order valence-corrected chi connectivity index (χ2v) is 4.07. The van der Waals surface area contributed by atoms with Crippen LogP contribution >= 0.6 is 0 Å². The highest BCUT2D eigenvalue weighted by atomic mass is 16.5. The minimum atomic E-state index is -0.135. The van der Waals surface area contributed by atoms with E-state index >= 15 is 0 Å². The third kappa shape index (κ3) is 2.82. The van der Waals surface area contributed by atoms with Crippen molar-refractivity contribution in [2.75, 3.05) is 12.4 Å². The van der Waals surface area contributed by atoms with E-state index in [-0.39, 0.29) is 6.10 Å². The lowest BCUT2D eigenvalue weighted by Crippen LogP contribution is -2.28. The molecular formula is C11H17N3O2. The predicted octanol–water partition coefficient (Wildman–Crippen LogP) is 1.20. The molecule has 0 unspecified atom stereocenters. The maximum Gasteiger partial charge on any atom is 0.226 e. The summed E-state index contributed by atoms with van der Waals surface area (Å²) < 4.78 is 5.03. The van der Waals surface area contributed by atoms with Gasteiger partial charge in [-0.15, -0.1) is 0 Å². The molecule has 0 spiro atoms. The molecule has 1 saturated carbocycles. The monoisotopic (exact) mass is 223 g/mol. The Morgan fingerprint density at radius 1 is 1.38 bits per heavy atom. The average molecular weight is 223 g/mol. The lowest BCUT2D eigenvalue weighted by atomic mass is 9.93. The Morgan fingerprint density at radius 3 is 2.81 bits per heavy atom. The first-order valence-electron chi connectivity index (χ1n) is 5.59. The molecule has 2 rings (SSSR count). The Bertz CT molecular complexity index is 338. The largest absolute Gasteiger partial charge is 0.481 e. The van der Waals surface area contributed by atoms with Crippen LogP contribution in [-0.4, -0.2) is 34.3 Å². The highest BCUT2D eigenvalue weighted by molar-refractivity contribution is 5.28. The van der Waals surface area contributed by atoms with Gasteiger partial charge in [0.25, 0.3) is 0 Å². The molecule has 0 amide bonds. The number of anilines is 1. The Morgan fingerprint density at radius 2 is 2.12 bits per heavy atom. The van der Waals surface area contributed by atoms with Crippen LogP contribution in [0, 0.1) is 0 Å². The van der Waals surface area contributed by atoms with Crippen molar-refractivity contribution in [1.29, 1.82) is 0 Å². The first-order valence-corrected chi connectivity index (χ1v) is 5.59. The highest BCUT2D eigenvalue weighted by Gasteiger charge is 2.19. The van der Waals surface area contributed by atoms with Crippen LogP contribution in [0.3, 0.4) is 0 Å². The quantitative estimate of drug-likeness (QED) is 0.806. The fourth-order valence-electron chi connectivity index (χ4n) is 1.93. The third-order valence-corrected chi connectivity index (χ3v) is 2.87. The Hall–Kier alpha value is -1.36. The van der Waals surface area contributed by atoms with Gasteiger partial charge in [0.2, 0.25) is 11.8 Å². The Labute approximate surface area is 94.9 Å². The van der Waals surface area contributed by atoms with E-state index in [0.29, 0.717) is 17.9 Å². The molecule has 0 aromatic carbocycles. The zero-order valence-corrected chi connectivity index (χ0v) is 9.39. The topological polar surface area (TPSA) is 67.3 Å². The standard InChI is InChI=1S/C11H17N3O2/c1-16-10-6-7-12-11(14-10)13-8-2-4-9(15)5-3-8/h6-9,15H,2-5H2,1H3,(H,12,13,14). The fraction of sp³-hybridized carbons (Fsp3) is 0.636. The Balaban J connectivity index is 1.93. The van der Waals surface area contributed by atoms with E-state index in [0.717, 1.165) is 25.7 Å². The summed E-state index contributed by atoms with van der Waals surface area (Å²) in [6.45, 7) is 0. The van der Waals surface area contributed by atoms with Crippen molar-refractivity contribution < 1.29 is 9.84 Å². The first kappa shape index (κ1) is 11.1. The molecule has 0 bridgehead atoms. The Kier molecular flexibility index (Phi) is 3.56. The van der Waals surface area contributed by atoms with Crippen LogP contribution in [0.2, 0.25) is 0 Å². The summed E-state index contributed by atoms with van der Waals surface area (Å²) in [6, 6.07) is 2.08. The van der Waals surface area contributed by atoms with Crippen LogP contribution in [-0.2, 0) is 0 Å². The predicted molar refractivity (Wildman–Crippen MR) is 60.5 cm³/mol. The SMILES string of the molecule is COc1ccnc(NC2CCC(O)CC2)n1. The number of methoxy groups -OCH3 is 1. The molecule has 1 aromatic rings. The van der Waals surface area contributed by atoms with Gasteiger partial charge in [0.05, 0.1) is 13.2 Å². The molecule has 1 heterocycles. The lowest BCUT2D eigenvalue weighted by molar-refractivity contribution is 0.126. The van der Waals surface area contributed by atoms with Crippen molar-refractivity contribution in [3.63, 3.8) is 0 Å². The van der Waals surface area contributed by atoms with Crippen LogP contribution in [0.5, 0.6) is 5.88 Å². The summed E-state index contributed by atoms with van der Waals surface area (Å²) >= 11 is 0. The van der Waals surface area contributed by atoms with Crippen LogP contribution < -0.4 is 10.1 Å². The molecule has 88 valence electrons. The zero-order chi connectivity index (χ0) is 11.4. The molecule has 1 aliphatic rings. The lowest BCUT2D eigenvalue weighted by Gasteiger charge is -2.26. The second kappa shape index (κ2) is 5.12. The second-order valence-electron chi connectivity index (χ2n) is 4.07. The van der Waals surface area contributed by atoms with Gasteiger partial charge in [-0.1, -0.05) is 0 Å². The molecule has 0 atom stereocenters. The van der Waals surface area contributed by atoms with Gasteiger partial charge < -0.3 is 15.2 Å². The molecule has 1 fully saturated rings. The van der Waals surface area contributed by atoms with E-state index in [9.17, 15) is 5.11 Å². The molecular weight excluding hydrogens is 206 g/mol. The maximum absolute atomic E-state index is 9.40. The van der Waals surface area contributed by atoms with Gasteiger partial charge in [-0.2, -0.15) is 4.98 Å². The molecule has 16 heavy (non-hydrogen) atoms. The van der Waals surface area contributed by atoms with Gasteiger partial charge in [-0.25, -0.2) is 4.98 Å². The summed E-state index contributed by atoms with van der Waals surface area (Å²) in [6.07, 6.45) is 5.16. The minimum Gasteiger partial charge on any atom is -0.481 e. The molecule has 1 aliphatic carbocycles. The van der Waals surface area contributed by atoms with E-state index in [1.165, 1.54) is 0 Å². The summed E-state index contributed by atoms with van der Waals surface area (Å²) in [5, 5.41) is 12.7. The fourth-order valence-corrected chi connectivity index (χ4v) is 1.93. The van der Waals surface area contributed by atoms with Crippen molar-refractivity contribution in [2.24, 2.45) is 0 Å². The number of aromatic nitrogens is 2. The number of nitrogens with zero attached hydrogens (tertiary/aromatic N) is 2. The number of hydrogen-bond donors (Lipinski definition) is 2. The highest BCUT2D eigenvalue weighted by Crippen LogP contribution is 2.21. The van der Waals surface area contributed by atoms with Gasteiger partial charge in [-0.3, -0.25) is 0 Å². The van der Waals surface area contributed by atoms with Crippen LogP contribution in [0.4, 0.5) is 5.95 Å². The molecule has 1 aromatic heterocycles. The minimum absolute atomic E-state index is 0.135. The number of rotatable bonds is 3. The van der Waals surface area contributed by atoms with Gasteiger partial charge >= 0.3 is 0 Å². The summed E-state index contributed by atoms with van der Waals surface area (Å²) in [5.74, 6) is 1.16. The van der Waals surface area contributed by atoms with Crippen LogP contribution in [0.25, 0.3) is 0 Å². The van der Waals surface area contributed by atoms with E-state index < -0.39 is 0 Å². The van der Waals surface area contributed by atoms with Gasteiger partial charge in [0.15, 0.2) is 0 Å². The normalized spacial score (nSPS) is 25.1. The van der Waals surface area contributed by atoms with E-state index in [2.05, 4.69) is 15.3 Å². The van der Waals surface area contributed by atoms with Crippen molar-refractivity contribution >= 4 is 5.95 Å². The van der Waals surface area contributed by atoms with Crippen LogP contribution in [0.15, 0.2) is 12.3 Å². The molecule has 0 radical (unpaired) electrons. The van der Waals surface area contributed by atoms with E-state index in [1.807, 2.05) is 0 Å². The molecule has 5 nitrogen and oxygen atoms in total. The zero-order valence-electron chi connectivity index (χ0n) is 9.39. The number of nitrogens with one attached hydrogen (secondary N) is 1. The number of ether oxygens (including phenoxy) is 1. The smallest absolute Gasteiger partial charge is 0.226 e. The summed E-state index contributed by atoms with van der Waals surface area (Å²) in [5.41, 5.74) is 0. The molecule has 0 aliphatic heterocycles. The first-order chi connectivity index (χ1) is 7.78. The van der Waals surface area contributed by atoms with Gasteiger partial charge in [0.1, 0.15) is 0 Å². The van der Waals surface area contributed by atoms with Crippen LogP contribution in [0.1, 0.15) is 25.7 Å². The average Bonchev–Trinajstić information content (AvgIpc) is 2.32. The molecule has 5 heteroatoms. The van der Waals surface area contributed by atoms with E-state index in [1.54, 1.807) is 19.4 Å². The van der Waals surface area contributed by atoms with Crippen molar-refractivity contribution in [3.8, 4) is 5.88 Å². The van der Waals surface area contributed by atoms with E-state index in [4.69, 9.17) is 4.74 Å². The summed E-state index contributed by atoms with van der Waals surface area (Å²) in [7, 11) is 1.59. The number of hydrogen-bond acceptors (Lipinski definition) is 5. The van der Waals surface area contributed by atoms with Gasteiger partial charge in [-0.05, 0) is 25.7 Å². The number of aliphatic hydroxyl groups is 1. The molecule has 2 N–H and O–H groups in total. The van der Waals surface area contributed by atoms with Gasteiger partial charge in [0, 0.05) is 18.3 Å². The van der Waals surface area contributed by atoms with Crippen molar-refractivity contribution in [2.45, 2.75) is 37.8 Å².